The highest BCUT2D eigenvalue weighted by atomic mass is 35.5. The zero-order valence-corrected chi connectivity index (χ0v) is 13.8. The van der Waals surface area contributed by atoms with Crippen molar-refractivity contribution in [1.29, 1.82) is 0 Å². The molecule has 0 aromatic carbocycles. The second-order valence-electron chi connectivity index (χ2n) is 5.14. The Kier molecular flexibility index (Phi) is 4.48. The van der Waals surface area contributed by atoms with Crippen LogP contribution in [-0.2, 0) is 6.54 Å². The summed E-state index contributed by atoms with van der Waals surface area (Å²) in [6.07, 6.45) is 1.56. The lowest BCUT2D eigenvalue weighted by Crippen LogP contribution is -2.23. The molecule has 0 spiro atoms. The molecule has 1 N–H and O–H groups in total. The van der Waals surface area contributed by atoms with Crippen molar-refractivity contribution in [1.82, 2.24) is 35.5 Å². The summed E-state index contributed by atoms with van der Waals surface area (Å²) in [5, 5.41) is 18.5. The summed E-state index contributed by atoms with van der Waals surface area (Å²) >= 11 is 5.67. The van der Waals surface area contributed by atoms with Gasteiger partial charge in [-0.3, -0.25) is 9.78 Å². The van der Waals surface area contributed by atoms with Crippen LogP contribution in [0.4, 0.5) is 0 Å². The molecule has 24 heavy (non-hydrogen) atoms. The molecule has 3 rings (SSSR count). The highest BCUT2D eigenvalue weighted by Gasteiger charge is 2.13. The molecule has 8 nitrogen and oxygen atoms in total. The van der Waals surface area contributed by atoms with Crippen LogP contribution in [0.25, 0.3) is 5.69 Å². The Morgan fingerprint density at radius 3 is 2.71 bits per heavy atom. The fourth-order valence-electron chi connectivity index (χ4n) is 2.11. The molecule has 0 saturated heterocycles. The third-order valence-corrected chi connectivity index (χ3v) is 3.49. The van der Waals surface area contributed by atoms with Gasteiger partial charge in [-0.15, -0.1) is 10.2 Å². The molecular weight excluding hydrogens is 330 g/mol. The maximum absolute atomic E-state index is 12.2. The van der Waals surface area contributed by atoms with Crippen LogP contribution in [0, 0.1) is 13.8 Å². The van der Waals surface area contributed by atoms with Crippen molar-refractivity contribution in [3.8, 4) is 5.69 Å². The fraction of sp³-hybridized carbons (Fsp3) is 0.200. The number of halogens is 1. The third kappa shape index (κ3) is 3.54. The second kappa shape index (κ2) is 6.71. The van der Waals surface area contributed by atoms with Crippen LogP contribution in [-0.4, -0.2) is 36.1 Å². The number of carbonyl (C=O) groups excluding carboxylic acids is 1. The lowest BCUT2D eigenvalue weighted by Gasteiger charge is -2.04. The summed E-state index contributed by atoms with van der Waals surface area (Å²) in [6, 6.07) is 7.06. The standard InChI is InChI=1S/C15H14ClN7O/c1-9-3-5-13(10(2)18-9)23-8-12(20-22-23)15(24)17-7-11-4-6-14(16)21-19-11/h3-6,8H,7H2,1-2H3,(H,17,24). The van der Waals surface area contributed by atoms with E-state index >= 15 is 0 Å². The number of pyridine rings is 1. The largest absolute Gasteiger partial charge is 0.345 e. The van der Waals surface area contributed by atoms with Crippen molar-refractivity contribution in [2.75, 3.05) is 0 Å². The van der Waals surface area contributed by atoms with Crippen molar-refractivity contribution in [2.24, 2.45) is 0 Å². The number of nitrogens with one attached hydrogen (secondary N) is 1. The normalized spacial score (nSPS) is 10.6. The van der Waals surface area contributed by atoms with E-state index in [0.717, 1.165) is 17.1 Å². The molecule has 0 bridgehead atoms. The minimum atomic E-state index is -0.351. The van der Waals surface area contributed by atoms with Crippen LogP contribution in [0.3, 0.4) is 0 Å². The Labute approximate surface area is 142 Å². The van der Waals surface area contributed by atoms with E-state index in [0.29, 0.717) is 10.8 Å². The second-order valence-corrected chi connectivity index (χ2v) is 5.52. The zero-order chi connectivity index (χ0) is 17.1. The molecule has 0 aliphatic heterocycles. The van der Waals surface area contributed by atoms with E-state index in [9.17, 15) is 4.79 Å². The highest BCUT2D eigenvalue weighted by Crippen LogP contribution is 2.11. The van der Waals surface area contributed by atoms with Crippen molar-refractivity contribution in [2.45, 2.75) is 20.4 Å². The number of nitrogens with zero attached hydrogens (tertiary/aromatic N) is 6. The van der Waals surface area contributed by atoms with Crippen LogP contribution in [0.2, 0.25) is 5.15 Å². The molecule has 122 valence electrons. The van der Waals surface area contributed by atoms with Crippen molar-refractivity contribution in [3.05, 3.63) is 58.4 Å². The van der Waals surface area contributed by atoms with Gasteiger partial charge in [0, 0.05) is 5.69 Å². The molecule has 0 unspecified atom stereocenters. The number of aryl methyl sites for hydroxylation is 2. The average Bonchev–Trinajstić information content (AvgIpc) is 3.04. The monoisotopic (exact) mass is 343 g/mol. The topological polar surface area (TPSA) is 98.5 Å². The summed E-state index contributed by atoms with van der Waals surface area (Å²) in [5.74, 6) is -0.351. The molecule has 0 fully saturated rings. The minimum absolute atomic E-state index is 0.205. The smallest absolute Gasteiger partial charge is 0.273 e. The fourth-order valence-corrected chi connectivity index (χ4v) is 2.21. The van der Waals surface area contributed by atoms with Gasteiger partial charge in [-0.25, -0.2) is 4.68 Å². The van der Waals surface area contributed by atoms with Gasteiger partial charge in [-0.05, 0) is 38.1 Å². The van der Waals surface area contributed by atoms with Crippen LogP contribution in [0.5, 0.6) is 0 Å². The first-order valence-electron chi connectivity index (χ1n) is 7.16. The lowest BCUT2D eigenvalue weighted by molar-refractivity contribution is 0.0945. The van der Waals surface area contributed by atoms with Crippen molar-refractivity contribution < 1.29 is 4.79 Å². The molecule has 9 heteroatoms. The Balaban J connectivity index is 1.70. The molecule has 3 heterocycles. The van der Waals surface area contributed by atoms with E-state index in [4.69, 9.17) is 11.6 Å². The Morgan fingerprint density at radius 2 is 2.00 bits per heavy atom. The van der Waals surface area contributed by atoms with E-state index < -0.39 is 0 Å². The summed E-state index contributed by atoms with van der Waals surface area (Å²) in [7, 11) is 0. The number of rotatable bonds is 4. The summed E-state index contributed by atoms with van der Waals surface area (Å²) in [4.78, 5) is 16.5. The average molecular weight is 344 g/mol. The van der Waals surface area contributed by atoms with Gasteiger partial charge in [0.2, 0.25) is 0 Å². The number of carbonyl (C=O) groups is 1. The summed E-state index contributed by atoms with van der Waals surface area (Å²) < 4.78 is 1.53. The van der Waals surface area contributed by atoms with Crippen molar-refractivity contribution >= 4 is 17.5 Å². The molecule has 0 atom stereocenters. The maximum Gasteiger partial charge on any atom is 0.273 e. The van der Waals surface area contributed by atoms with E-state index in [1.165, 1.54) is 4.68 Å². The third-order valence-electron chi connectivity index (χ3n) is 3.29. The Morgan fingerprint density at radius 1 is 1.17 bits per heavy atom. The van der Waals surface area contributed by atoms with E-state index in [-0.39, 0.29) is 18.1 Å². The molecule has 1 amide bonds. The van der Waals surface area contributed by atoms with Gasteiger partial charge >= 0.3 is 0 Å². The van der Waals surface area contributed by atoms with Gasteiger partial charge in [0.25, 0.3) is 5.91 Å². The quantitative estimate of drug-likeness (QED) is 0.773. The van der Waals surface area contributed by atoms with Gasteiger partial charge in [-0.1, -0.05) is 16.8 Å². The minimum Gasteiger partial charge on any atom is -0.345 e. The molecule has 0 radical (unpaired) electrons. The SMILES string of the molecule is Cc1ccc(-n2cc(C(=O)NCc3ccc(Cl)nn3)nn2)c(C)n1. The number of amides is 1. The Hall–Kier alpha value is -2.87. The van der Waals surface area contributed by atoms with Crippen LogP contribution in [0.1, 0.15) is 27.6 Å². The molecular formula is C15H14ClN7O. The van der Waals surface area contributed by atoms with E-state index in [1.807, 2.05) is 26.0 Å². The Bertz CT molecular complexity index is 876. The number of hydrogen-bond acceptors (Lipinski definition) is 6. The summed E-state index contributed by atoms with van der Waals surface area (Å²) in [6.45, 7) is 4.01. The number of aromatic nitrogens is 6. The van der Waals surface area contributed by atoms with Gasteiger partial charge in [-0.2, -0.15) is 5.10 Å². The highest BCUT2D eigenvalue weighted by molar-refractivity contribution is 6.29. The van der Waals surface area contributed by atoms with Gasteiger partial charge in [0.1, 0.15) is 0 Å². The van der Waals surface area contributed by atoms with Gasteiger partial charge in [0.05, 0.1) is 29.8 Å². The predicted octanol–water partition coefficient (Wildman–Crippen LogP) is 1.65. The van der Waals surface area contributed by atoms with Crippen LogP contribution in [0.15, 0.2) is 30.5 Å². The molecule has 0 aliphatic rings. The van der Waals surface area contributed by atoms with Gasteiger partial charge < -0.3 is 5.32 Å². The first-order chi connectivity index (χ1) is 11.5. The van der Waals surface area contributed by atoms with E-state index in [1.54, 1.807) is 18.3 Å². The molecule has 0 saturated carbocycles. The van der Waals surface area contributed by atoms with Crippen LogP contribution >= 0.6 is 11.6 Å². The number of hydrogen-bond donors (Lipinski definition) is 1. The molecule has 3 aromatic heterocycles. The summed E-state index contributed by atoms with van der Waals surface area (Å²) in [5.41, 5.74) is 3.30. The lowest BCUT2D eigenvalue weighted by atomic mass is 10.3. The molecule has 0 aliphatic carbocycles. The zero-order valence-electron chi connectivity index (χ0n) is 13.1. The van der Waals surface area contributed by atoms with E-state index in [2.05, 4.69) is 30.8 Å². The predicted molar refractivity (Wildman–Crippen MR) is 86.8 cm³/mol. The maximum atomic E-state index is 12.2. The van der Waals surface area contributed by atoms with Crippen molar-refractivity contribution in [3.63, 3.8) is 0 Å². The first-order valence-corrected chi connectivity index (χ1v) is 7.54. The molecule has 3 aromatic rings. The van der Waals surface area contributed by atoms with Crippen LogP contribution < -0.4 is 5.32 Å². The first kappa shape index (κ1) is 16.0. The van der Waals surface area contributed by atoms with Gasteiger partial charge in [0.15, 0.2) is 10.8 Å².